The quantitative estimate of drug-likeness (QED) is 0.149. The second-order valence-corrected chi connectivity index (χ2v) is 15.0. The summed E-state index contributed by atoms with van der Waals surface area (Å²) >= 11 is 0. The molecule has 4 amide bonds. The second kappa shape index (κ2) is 17.5. The van der Waals surface area contributed by atoms with E-state index in [0.29, 0.717) is 12.8 Å². The van der Waals surface area contributed by atoms with Gasteiger partial charge in [-0.05, 0) is 45.9 Å². The Balaban J connectivity index is 1.59. The van der Waals surface area contributed by atoms with Crippen molar-refractivity contribution in [3.63, 3.8) is 0 Å². The molecular weight excluding hydrogens is 662 g/mol. The van der Waals surface area contributed by atoms with Crippen LogP contribution in [0.25, 0.3) is 11.1 Å². The number of hydrogen-bond acceptors (Lipinski definition) is 8. The topological polar surface area (TPSA) is 158 Å². The number of aliphatic hydroxyl groups is 1. The number of carbonyl (C=O) groups is 4. The van der Waals surface area contributed by atoms with Gasteiger partial charge in [-0.1, -0.05) is 120 Å². The SMILES string of the molecule is COC(=O)N[C@H](C(=O)NN(Cc1ccc(-c2ccccc2)cc1)C[C@H](O)[C@H](Cc1ccccc1)NC(=O)[C@H]1C[C@@H](NC(=O)OC)C1(C)C)C(C)(C)C. The van der Waals surface area contributed by atoms with Gasteiger partial charge in [0.15, 0.2) is 0 Å². The number of nitrogens with zero attached hydrogens (tertiary/aromatic N) is 1. The Morgan fingerprint density at radius 2 is 1.40 bits per heavy atom. The monoisotopic (exact) mass is 715 g/mol. The van der Waals surface area contributed by atoms with Gasteiger partial charge in [0.05, 0.1) is 26.4 Å². The van der Waals surface area contributed by atoms with Gasteiger partial charge in [-0.15, -0.1) is 0 Å². The Kier molecular flexibility index (Phi) is 13.4. The summed E-state index contributed by atoms with van der Waals surface area (Å²) < 4.78 is 9.55. The first-order chi connectivity index (χ1) is 24.6. The minimum Gasteiger partial charge on any atom is -0.453 e. The van der Waals surface area contributed by atoms with Crippen LogP contribution in [-0.4, -0.2) is 79.1 Å². The molecule has 12 heteroatoms. The van der Waals surface area contributed by atoms with E-state index in [1.54, 1.807) is 5.01 Å². The Morgan fingerprint density at radius 1 is 0.827 bits per heavy atom. The van der Waals surface area contributed by atoms with E-state index in [1.807, 2.05) is 120 Å². The minimum atomic E-state index is -1.14. The van der Waals surface area contributed by atoms with Crippen molar-refractivity contribution in [3.8, 4) is 11.1 Å². The molecule has 1 aliphatic rings. The smallest absolute Gasteiger partial charge is 0.407 e. The van der Waals surface area contributed by atoms with Gasteiger partial charge in [-0.3, -0.25) is 15.0 Å². The highest BCUT2D eigenvalue weighted by molar-refractivity contribution is 5.86. The third-order valence-corrected chi connectivity index (χ3v) is 9.84. The lowest BCUT2D eigenvalue weighted by Crippen LogP contribution is -2.64. The van der Waals surface area contributed by atoms with Crippen molar-refractivity contribution in [2.45, 2.75) is 78.2 Å². The minimum absolute atomic E-state index is 0.0559. The van der Waals surface area contributed by atoms with Crippen LogP contribution < -0.4 is 21.4 Å². The molecule has 1 fully saturated rings. The van der Waals surface area contributed by atoms with E-state index < -0.39 is 53.0 Å². The summed E-state index contributed by atoms with van der Waals surface area (Å²) in [7, 11) is 2.53. The number of hydrogen-bond donors (Lipinski definition) is 5. The van der Waals surface area contributed by atoms with Crippen molar-refractivity contribution in [2.75, 3.05) is 20.8 Å². The Morgan fingerprint density at radius 3 is 1.96 bits per heavy atom. The number of ether oxygens (including phenoxy) is 2. The summed E-state index contributed by atoms with van der Waals surface area (Å²) in [5, 5.41) is 22.0. The number of carbonyl (C=O) groups excluding carboxylic acids is 4. The molecular formula is C40H53N5O7. The fourth-order valence-electron chi connectivity index (χ4n) is 6.48. The molecule has 0 heterocycles. The molecule has 0 aromatic heterocycles. The molecule has 5 atom stereocenters. The molecule has 0 unspecified atom stereocenters. The molecule has 5 N–H and O–H groups in total. The zero-order valence-electron chi connectivity index (χ0n) is 31.1. The number of nitrogens with one attached hydrogen (secondary N) is 4. The molecule has 1 saturated carbocycles. The van der Waals surface area contributed by atoms with Gasteiger partial charge >= 0.3 is 12.2 Å². The average Bonchev–Trinajstić information content (AvgIpc) is 3.12. The fraction of sp³-hybridized carbons (Fsp3) is 0.450. The summed E-state index contributed by atoms with van der Waals surface area (Å²) in [4.78, 5) is 51.7. The molecule has 1 aliphatic carbocycles. The maximum Gasteiger partial charge on any atom is 0.407 e. The molecule has 0 aliphatic heterocycles. The summed E-state index contributed by atoms with van der Waals surface area (Å²) in [5.41, 5.74) is 5.58. The van der Waals surface area contributed by atoms with Gasteiger partial charge in [-0.2, -0.15) is 0 Å². The first-order valence-corrected chi connectivity index (χ1v) is 17.5. The molecule has 0 saturated heterocycles. The lowest BCUT2D eigenvalue weighted by atomic mass is 9.58. The fourth-order valence-corrected chi connectivity index (χ4v) is 6.48. The van der Waals surface area contributed by atoms with Crippen molar-refractivity contribution < 1.29 is 33.8 Å². The van der Waals surface area contributed by atoms with Crippen molar-refractivity contribution in [3.05, 3.63) is 96.1 Å². The summed E-state index contributed by atoms with van der Waals surface area (Å²) in [6.07, 6.45) is -1.69. The molecule has 0 spiro atoms. The van der Waals surface area contributed by atoms with E-state index in [9.17, 15) is 24.3 Å². The van der Waals surface area contributed by atoms with Crippen LogP contribution in [-0.2, 0) is 32.0 Å². The first-order valence-electron chi connectivity index (χ1n) is 17.5. The predicted octanol–water partition coefficient (Wildman–Crippen LogP) is 4.82. The Hall–Kier alpha value is -4.94. The number of alkyl carbamates (subject to hydrolysis) is 2. The van der Waals surface area contributed by atoms with Gasteiger partial charge in [0.1, 0.15) is 6.04 Å². The lowest BCUT2D eigenvalue weighted by Gasteiger charge is -2.51. The van der Waals surface area contributed by atoms with Crippen LogP contribution in [0.15, 0.2) is 84.9 Å². The van der Waals surface area contributed by atoms with Crippen LogP contribution in [0.4, 0.5) is 9.59 Å². The molecule has 0 radical (unpaired) electrons. The van der Waals surface area contributed by atoms with Crippen molar-refractivity contribution in [1.82, 2.24) is 26.4 Å². The second-order valence-electron chi connectivity index (χ2n) is 15.0. The van der Waals surface area contributed by atoms with Crippen LogP contribution in [0.2, 0.25) is 0 Å². The number of benzene rings is 3. The predicted molar refractivity (Wildman–Crippen MR) is 199 cm³/mol. The molecule has 52 heavy (non-hydrogen) atoms. The molecule has 4 rings (SSSR count). The Labute approximate surface area is 306 Å². The number of methoxy groups -OCH3 is 2. The van der Waals surface area contributed by atoms with E-state index in [2.05, 4.69) is 21.4 Å². The van der Waals surface area contributed by atoms with Crippen molar-refractivity contribution >= 4 is 24.0 Å². The Bertz CT molecular complexity index is 1640. The standard InChI is InChI=1S/C40H53N5O7/c1-39(2,3)34(43-38(50)52-7)36(48)44-45(24-27-18-20-29(21-19-27)28-16-12-9-13-17-28)25-32(46)31(22-26-14-10-8-11-15-26)41-35(47)30-23-33(40(30,4)5)42-37(49)51-6/h8-21,30-34,46H,22-25H2,1-7H3,(H,41,47)(H,42,49)(H,43,50)(H,44,48)/t30-,31+,32+,33-,34-/m1/s1. The van der Waals surface area contributed by atoms with Crippen LogP contribution in [0.3, 0.4) is 0 Å². The molecule has 0 bridgehead atoms. The number of aliphatic hydroxyl groups excluding tert-OH is 1. The van der Waals surface area contributed by atoms with Gasteiger partial charge < -0.3 is 30.5 Å². The molecule has 280 valence electrons. The lowest BCUT2D eigenvalue weighted by molar-refractivity contribution is -0.139. The highest BCUT2D eigenvalue weighted by Crippen LogP contribution is 2.46. The zero-order chi connectivity index (χ0) is 38.1. The maximum atomic E-state index is 13.8. The highest BCUT2D eigenvalue weighted by atomic mass is 16.5. The van der Waals surface area contributed by atoms with Crippen LogP contribution in [0.5, 0.6) is 0 Å². The van der Waals surface area contributed by atoms with Crippen LogP contribution >= 0.6 is 0 Å². The van der Waals surface area contributed by atoms with Gasteiger partial charge in [0.2, 0.25) is 5.91 Å². The van der Waals surface area contributed by atoms with E-state index in [4.69, 9.17) is 9.47 Å². The van der Waals surface area contributed by atoms with Crippen LogP contribution in [0, 0.1) is 16.7 Å². The molecule has 3 aromatic carbocycles. The summed E-state index contributed by atoms with van der Waals surface area (Å²) in [6, 6.07) is 25.5. The number of amides is 4. The third-order valence-electron chi connectivity index (χ3n) is 9.84. The van der Waals surface area contributed by atoms with Gasteiger partial charge in [0.25, 0.3) is 5.91 Å². The highest BCUT2D eigenvalue weighted by Gasteiger charge is 2.53. The normalized spacial score (nSPS) is 18.2. The van der Waals surface area contributed by atoms with Crippen molar-refractivity contribution in [2.24, 2.45) is 16.7 Å². The molecule has 3 aromatic rings. The van der Waals surface area contributed by atoms with E-state index in [1.165, 1.54) is 14.2 Å². The van der Waals surface area contributed by atoms with E-state index >= 15 is 0 Å². The van der Waals surface area contributed by atoms with Gasteiger partial charge in [-0.25, -0.2) is 14.6 Å². The summed E-state index contributed by atoms with van der Waals surface area (Å²) in [5.74, 6) is -1.15. The third kappa shape index (κ3) is 10.5. The maximum absolute atomic E-state index is 13.8. The van der Waals surface area contributed by atoms with Crippen LogP contribution in [0.1, 0.15) is 52.2 Å². The number of rotatable bonds is 14. The average molecular weight is 716 g/mol. The summed E-state index contributed by atoms with van der Waals surface area (Å²) in [6.45, 7) is 9.47. The number of hydrazine groups is 1. The largest absolute Gasteiger partial charge is 0.453 e. The molecule has 12 nitrogen and oxygen atoms in total. The zero-order valence-corrected chi connectivity index (χ0v) is 31.1. The van der Waals surface area contributed by atoms with Crippen molar-refractivity contribution in [1.29, 1.82) is 0 Å². The van der Waals surface area contributed by atoms with Gasteiger partial charge in [0, 0.05) is 25.0 Å². The van der Waals surface area contributed by atoms with E-state index in [0.717, 1.165) is 22.3 Å². The van der Waals surface area contributed by atoms with E-state index in [-0.39, 0.29) is 25.0 Å². The first kappa shape index (κ1) is 39.8.